The van der Waals surface area contributed by atoms with E-state index in [2.05, 4.69) is 20.8 Å². The van der Waals surface area contributed by atoms with Gasteiger partial charge in [0.05, 0.1) is 16.5 Å². The molecule has 0 saturated heterocycles. The molecule has 3 rings (SSSR count). The molecule has 25 heavy (non-hydrogen) atoms. The van der Waals surface area contributed by atoms with E-state index in [1.54, 1.807) is 12.1 Å². The Kier molecular flexibility index (Phi) is 5.91. The molecule has 1 aromatic heterocycles. The number of aryl methyl sites for hydroxylation is 1. The SMILES string of the molecule is Cc1ccc(Nc2nnc(SCC(=O)Nc3ccccc3Cl)s2)cc1. The Labute approximate surface area is 158 Å². The van der Waals surface area contributed by atoms with Crippen LogP contribution in [0.2, 0.25) is 5.02 Å². The number of halogens is 1. The lowest BCUT2D eigenvalue weighted by Gasteiger charge is -2.05. The Balaban J connectivity index is 1.52. The Morgan fingerprint density at radius 2 is 1.92 bits per heavy atom. The van der Waals surface area contributed by atoms with Crippen molar-refractivity contribution >= 4 is 57.1 Å². The Bertz CT molecular complexity index is 867. The maximum atomic E-state index is 12.0. The molecule has 0 aliphatic heterocycles. The smallest absolute Gasteiger partial charge is 0.234 e. The summed E-state index contributed by atoms with van der Waals surface area (Å²) in [6.45, 7) is 2.04. The first kappa shape index (κ1) is 17.7. The van der Waals surface area contributed by atoms with Crippen molar-refractivity contribution in [3.8, 4) is 0 Å². The van der Waals surface area contributed by atoms with Gasteiger partial charge in [-0.25, -0.2) is 0 Å². The quantitative estimate of drug-likeness (QED) is 0.581. The van der Waals surface area contributed by atoms with Crippen LogP contribution in [0, 0.1) is 6.92 Å². The normalized spacial score (nSPS) is 10.5. The van der Waals surface area contributed by atoms with Gasteiger partial charge in [-0.05, 0) is 31.2 Å². The topological polar surface area (TPSA) is 66.9 Å². The molecular weight excluding hydrogens is 376 g/mol. The number of benzene rings is 2. The first-order chi connectivity index (χ1) is 12.1. The Morgan fingerprint density at radius 3 is 2.68 bits per heavy atom. The number of nitrogens with one attached hydrogen (secondary N) is 2. The van der Waals surface area contributed by atoms with Crippen LogP contribution in [0.5, 0.6) is 0 Å². The number of carbonyl (C=O) groups is 1. The summed E-state index contributed by atoms with van der Waals surface area (Å²) >= 11 is 8.77. The van der Waals surface area contributed by atoms with Crippen LogP contribution in [0.25, 0.3) is 0 Å². The summed E-state index contributed by atoms with van der Waals surface area (Å²) in [7, 11) is 0. The van der Waals surface area contributed by atoms with Gasteiger partial charge in [0.1, 0.15) is 0 Å². The van der Waals surface area contributed by atoms with Gasteiger partial charge in [-0.2, -0.15) is 0 Å². The van der Waals surface area contributed by atoms with Crippen molar-refractivity contribution in [1.29, 1.82) is 0 Å². The van der Waals surface area contributed by atoms with E-state index in [9.17, 15) is 4.79 Å². The summed E-state index contributed by atoms with van der Waals surface area (Å²) in [5, 5.41) is 15.4. The van der Waals surface area contributed by atoms with E-state index < -0.39 is 0 Å². The van der Waals surface area contributed by atoms with Gasteiger partial charge in [-0.3, -0.25) is 4.79 Å². The number of hydrogen-bond donors (Lipinski definition) is 2. The fraction of sp³-hybridized carbons (Fsp3) is 0.118. The van der Waals surface area contributed by atoms with Crippen LogP contribution in [-0.2, 0) is 4.79 Å². The minimum Gasteiger partial charge on any atom is -0.330 e. The maximum absolute atomic E-state index is 12.0. The predicted octanol–water partition coefficient (Wildman–Crippen LogP) is 4.97. The summed E-state index contributed by atoms with van der Waals surface area (Å²) < 4.78 is 0.726. The van der Waals surface area contributed by atoms with Crippen molar-refractivity contribution in [2.24, 2.45) is 0 Å². The molecule has 0 atom stereocenters. The van der Waals surface area contributed by atoms with Crippen molar-refractivity contribution < 1.29 is 4.79 Å². The first-order valence-corrected chi connectivity index (χ1v) is 9.62. The van der Waals surface area contributed by atoms with Crippen LogP contribution >= 0.6 is 34.7 Å². The van der Waals surface area contributed by atoms with E-state index in [4.69, 9.17) is 11.6 Å². The van der Waals surface area contributed by atoms with Crippen LogP contribution in [0.3, 0.4) is 0 Å². The highest BCUT2D eigenvalue weighted by atomic mass is 35.5. The van der Waals surface area contributed by atoms with Gasteiger partial charge in [0, 0.05) is 5.69 Å². The highest BCUT2D eigenvalue weighted by molar-refractivity contribution is 8.01. The van der Waals surface area contributed by atoms with Gasteiger partial charge in [-0.15, -0.1) is 10.2 Å². The number of rotatable bonds is 6. The first-order valence-electron chi connectivity index (χ1n) is 7.44. The molecule has 1 amide bonds. The summed E-state index contributed by atoms with van der Waals surface area (Å²) in [6.07, 6.45) is 0. The highest BCUT2D eigenvalue weighted by Gasteiger charge is 2.10. The summed E-state index contributed by atoms with van der Waals surface area (Å²) in [4.78, 5) is 12.0. The van der Waals surface area contributed by atoms with Crippen molar-refractivity contribution in [1.82, 2.24) is 10.2 Å². The second kappa shape index (κ2) is 8.33. The molecule has 1 heterocycles. The molecule has 0 spiro atoms. The second-order valence-electron chi connectivity index (χ2n) is 5.18. The largest absolute Gasteiger partial charge is 0.330 e. The third-order valence-corrected chi connectivity index (χ3v) is 5.49. The monoisotopic (exact) mass is 390 g/mol. The summed E-state index contributed by atoms with van der Waals surface area (Å²) in [5.74, 6) is 0.103. The number of carbonyl (C=O) groups excluding carboxylic acids is 1. The number of anilines is 3. The zero-order valence-electron chi connectivity index (χ0n) is 13.3. The number of nitrogens with zero attached hydrogens (tertiary/aromatic N) is 2. The molecule has 5 nitrogen and oxygen atoms in total. The van der Waals surface area contributed by atoms with Crippen LogP contribution in [0.4, 0.5) is 16.5 Å². The molecule has 0 saturated carbocycles. The van der Waals surface area contributed by atoms with E-state index in [0.29, 0.717) is 15.8 Å². The van der Waals surface area contributed by atoms with E-state index in [0.717, 1.165) is 10.0 Å². The van der Waals surface area contributed by atoms with Crippen molar-refractivity contribution in [3.63, 3.8) is 0 Å². The van der Waals surface area contributed by atoms with E-state index in [1.165, 1.54) is 28.7 Å². The van der Waals surface area contributed by atoms with E-state index >= 15 is 0 Å². The minimum absolute atomic E-state index is 0.138. The molecule has 0 unspecified atom stereocenters. The molecule has 3 aromatic rings. The third kappa shape index (κ3) is 5.19. The summed E-state index contributed by atoms with van der Waals surface area (Å²) in [6, 6.07) is 15.2. The molecule has 128 valence electrons. The van der Waals surface area contributed by atoms with Crippen molar-refractivity contribution in [3.05, 3.63) is 59.1 Å². The molecule has 2 aromatic carbocycles. The zero-order chi connectivity index (χ0) is 17.6. The average molecular weight is 391 g/mol. The molecule has 0 bridgehead atoms. The van der Waals surface area contributed by atoms with Crippen LogP contribution in [-0.4, -0.2) is 21.9 Å². The van der Waals surface area contributed by atoms with Crippen LogP contribution < -0.4 is 10.6 Å². The van der Waals surface area contributed by atoms with E-state index in [1.807, 2.05) is 43.3 Å². The lowest BCUT2D eigenvalue weighted by Crippen LogP contribution is -2.14. The molecule has 0 aliphatic rings. The zero-order valence-corrected chi connectivity index (χ0v) is 15.7. The second-order valence-corrected chi connectivity index (χ2v) is 7.79. The van der Waals surface area contributed by atoms with Gasteiger partial charge in [0.15, 0.2) is 4.34 Å². The maximum Gasteiger partial charge on any atom is 0.234 e. The molecule has 2 N–H and O–H groups in total. The number of para-hydroxylation sites is 1. The minimum atomic E-state index is -0.138. The van der Waals surface area contributed by atoms with Crippen molar-refractivity contribution in [2.45, 2.75) is 11.3 Å². The van der Waals surface area contributed by atoms with Gasteiger partial charge in [0.25, 0.3) is 0 Å². The average Bonchev–Trinajstić information content (AvgIpc) is 3.05. The fourth-order valence-electron chi connectivity index (χ4n) is 1.96. The number of hydrogen-bond acceptors (Lipinski definition) is 6. The fourth-order valence-corrected chi connectivity index (χ4v) is 3.71. The molecule has 8 heteroatoms. The van der Waals surface area contributed by atoms with E-state index in [-0.39, 0.29) is 11.7 Å². The predicted molar refractivity (Wildman–Crippen MR) is 105 cm³/mol. The summed E-state index contributed by atoms with van der Waals surface area (Å²) in [5.41, 5.74) is 2.76. The Hall–Kier alpha value is -2.09. The lowest BCUT2D eigenvalue weighted by atomic mass is 10.2. The molecular formula is C17H15ClN4OS2. The number of thioether (sulfide) groups is 1. The van der Waals surface area contributed by atoms with Gasteiger partial charge in [-0.1, -0.05) is 64.5 Å². The number of aromatic nitrogens is 2. The van der Waals surface area contributed by atoms with Gasteiger partial charge < -0.3 is 10.6 Å². The standard InChI is InChI=1S/C17H15ClN4OS2/c1-11-6-8-12(9-7-11)19-16-21-22-17(25-16)24-10-15(23)20-14-5-3-2-4-13(14)18/h2-9H,10H2,1H3,(H,19,21)(H,20,23). The molecule has 0 radical (unpaired) electrons. The third-order valence-electron chi connectivity index (χ3n) is 3.18. The van der Waals surface area contributed by atoms with Gasteiger partial charge in [0.2, 0.25) is 11.0 Å². The highest BCUT2D eigenvalue weighted by Crippen LogP contribution is 2.28. The van der Waals surface area contributed by atoms with Gasteiger partial charge >= 0.3 is 0 Å². The van der Waals surface area contributed by atoms with Crippen molar-refractivity contribution in [2.75, 3.05) is 16.4 Å². The van der Waals surface area contributed by atoms with Crippen LogP contribution in [0.15, 0.2) is 52.9 Å². The number of amides is 1. The lowest BCUT2D eigenvalue weighted by molar-refractivity contribution is -0.113. The molecule has 0 fully saturated rings. The molecule has 0 aliphatic carbocycles. The Morgan fingerprint density at radius 1 is 1.16 bits per heavy atom. The van der Waals surface area contributed by atoms with Crippen LogP contribution in [0.1, 0.15) is 5.56 Å².